The number of furan rings is 1. The van der Waals surface area contributed by atoms with Crippen molar-refractivity contribution >= 4 is 36.9 Å². The van der Waals surface area contributed by atoms with Gasteiger partial charge in [-0.15, -0.1) is 0 Å². The molecule has 0 bridgehead atoms. The van der Waals surface area contributed by atoms with E-state index in [1.54, 1.807) is 12.1 Å². The standard InChI is InChI=1S/C22H18N2O7S2/c23-32(27,28)20-7-3-4-8-21(20)33(29,30)24-22(26)15-9-10-17(16(11-15)13-25)19-12-14-5-1-2-6-18(14)31-19/h1-12,25H,13H2,(H,24,26)(H2,23,27,28). The normalized spacial score (nSPS) is 12.1. The number of benzene rings is 3. The Morgan fingerprint density at radius 1 is 0.909 bits per heavy atom. The zero-order valence-corrected chi connectivity index (χ0v) is 18.6. The summed E-state index contributed by atoms with van der Waals surface area (Å²) in [5.41, 5.74) is 1.46. The van der Waals surface area contributed by atoms with Gasteiger partial charge in [0.15, 0.2) is 0 Å². The van der Waals surface area contributed by atoms with Crippen molar-refractivity contribution in [2.45, 2.75) is 16.4 Å². The molecule has 11 heteroatoms. The average Bonchev–Trinajstić information content (AvgIpc) is 3.22. The van der Waals surface area contributed by atoms with Gasteiger partial charge >= 0.3 is 0 Å². The Morgan fingerprint density at radius 2 is 1.58 bits per heavy atom. The van der Waals surface area contributed by atoms with Crippen molar-refractivity contribution in [1.82, 2.24) is 4.72 Å². The lowest BCUT2D eigenvalue weighted by Crippen LogP contribution is -2.32. The highest BCUT2D eigenvalue weighted by atomic mass is 32.2. The predicted octanol–water partition coefficient (Wildman–Crippen LogP) is 2.36. The molecular weight excluding hydrogens is 468 g/mol. The first-order chi connectivity index (χ1) is 15.6. The van der Waals surface area contributed by atoms with Crippen LogP contribution in [-0.2, 0) is 26.7 Å². The van der Waals surface area contributed by atoms with Crippen LogP contribution in [0.4, 0.5) is 0 Å². The molecule has 0 aliphatic rings. The monoisotopic (exact) mass is 486 g/mol. The average molecular weight is 487 g/mol. The summed E-state index contributed by atoms with van der Waals surface area (Å²) in [6, 6.07) is 18.0. The molecule has 0 unspecified atom stereocenters. The Labute approximate surface area is 189 Å². The molecule has 0 fully saturated rings. The second-order valence-corrected chi connectivity index (χ2v) is 10.3. The van der Waals surface area contributed by atoms with Crippen LogP contribution in [0, 0.1) is 0 Å². The number of carbonyl (C=O) groups is 1. The molecule has 4 rings (SSSR count). The maximum Gasteiger partial charge on any atom is 0.265 e. The molecule has 0 aliphatic heterocycles. The number of fused-ring (bicyclic) bond motifs is 1. The minimum Gasteiger partial charge on any atom is -0.456 e. The summed E-state index contributed by atoms with van der Waals surface area (Å²) in [6.07, 6.45) is 0. The van der Waals surface area contributed by atoms with Crippen LogP contribution in [0.2, 0.25) is 0 Å². The summed E-state index contributed by atoms with van der Waals surface area (Å²) in [4.78, 5) is 11.4. The molecule has 0 saturated carbocycles. The highest BCUT2D eigenvalue weighted by Gasteiger charge is 2.26. The number of nitrogens with two attached hydrogens (primary N) is 1. The molecule has 0 atom stereocenters. The van der Waals surface area contributed by atoms with Gasteiger partial charge in [0.25, 0.3) is 15.9 Å². The van der Waals surface area contributed by atoms with E-state index in [2.05, 4.69) is 0 Å². The maximum absolute atomic E-state index is 12.7. The Hall–Kier alpha value is -3.51. The molecule has 170 valence electrons. The highest BCUT2D eigenvalue weighted by Crippen LogP contribution is 2.31. The SMILES string of the molecule is NS(=O)(=O)c1ccccc1S(=O)(=O)NC(=O)c1ccc(-c2cc3ccccc3o2)c(CO)c1. The highest BCUT2D eigenvalue weighted by molar-refractivity contribution is 7.92. The minimum absolute atomic E-state index is 0.0597. The van der Waals surface area contributed by atoms with E-state index in [0.29, 0.717) is 22.5 Å². The lowest BCUT2D eigenvalue weighted by Gasteiger charge is -2.12. The van der Waals surface area contributed by atoms with E-state index in [1.807, 2.05) is 22.9 Å². The first-order valence-corrected chi connectivity index (χ1v) is 12.5. The maximum atomic E-state index is 12.7. The van der Waals surface area contributed by atoms with Gasteiger partial charge in [0, 0.05) is 16.5 Å². The van der Waals surface area contributed by atoms with Crippen LogP contribution in [0.25, 0.3) is 22.3 Å². The number of nitrogens with one attached hydrogen (secondary N) is 1. The van der Waals surface area contributed by atoms with Gasteiger partial charge in [-0.3, -0.25) is 4.79 Å². The van der Waals surface area contributed by atoms with E-state index >= 15 is 0 Å². The number of sulfonamides is 2. The van der Waals surface area contributed by atoms with Crippen LogP contribution in [-0.4, -0.2) is 27.8 Å². The van der Waals surface area contributed by atoms with Crippen molar-refractivity contribution in [2.24, 2.45) is 5.14 Å². The zero-order valence-electron chi connectivity index (χ0n) is 16.9. The molecule has 1 heterocycles. The van der Waals surface area contributed by atoms with E-state index in [9.17, 15) is 26.7 Å². The fourth-order valence-corrected chi connectivity index (χ4v) is 5.72. The Balaban J connectivity index is 1.67. The van der Waals surface area contributed by atoms with Crippen molar-refractivity contribution in [3.05, 3.63) is 83.9 Å². The summed E-state index contributed by atoms with van der Waals surface area (Å²) in [5, 5.41) is 15.8. The lowest BCUT2D eigenvalue weighted by atomic mass is 10.0. The van der Waals surface area contributed by atoms with Crippen LogP contribution in [0.3, 0.4) is 0 Å². The van der Waals surface area contributed by atoms with Gasteiger partial charge < -0.3 is 9.52 Å². The molecule has 4 N–H and O–H groups in total. The van der Waals surface area contributed by atoms with E-state index in [0.717, 1.165) is 17.5 Å². The number of amides is 1. The second kappa shape index (κ2) is 8.45. The number of hydrogen-bond donors (Lipinski definition) is 3. The van der Waals surface area contributed by atoms with Gasteiger partial charge in [0.05, 0.1) is 6.61 Å². The van der Waals surface area contributed by atoms with Crippen molar-refractivity contribution in [1.29, 1.82) is 0 Å². The van der Waals surface area contributed by atoms with Crippen LogP contribution in [0.5, 0.6) is 0 Å². The fraction of sp³-hybridized carbons (Fsp3) is 0.0455. The molecule has 0 aliphatic carbocycles. The summed E-state index contributed by atoms with van der Waals surface area (Å²) < 4.78 is 56.5. The van der Waals surface area contributed by atoms with Crippen molar-refractivity contribution < 1.29 is 31.2 Å². The molecule has 4 aromatic rings. The van der Waals surface area contributed by atoms with Gasteiger partial charge in [0.2, 0.25) is 10.0 Å². The minimum atomic E-state index is -4.56. The van der Waals surface area contributed by atoms with Crippen molar-refractivity contribution in [3.8, 4) is 11.3 Å². The number of para-hydroxylation sites is 1. The molecule has 0 spiro atoms. The molecular formula is C22H18N2O7S2. The summed E-state index contributed by atoms with van der Waals surface area (Å²) in [6.45, 7) is -0.436. The first kappa shape index (κ1) is 22.7. The molecule has 0 radical (unpaired) electrons. The Morgan fingerprint density at radius 3 is 2.24 bits per heavy atom. The van der Waals surface area contributed by atoms with Crippen LogP contribution in [0.1, 0.15) is 15.9 Å². The molecule has 9 nitrogen and oxygen atoms in total. The van der Waals surface area contributed by atoms with Crippen LogP contribution < -0.4 is 9.86 Å². The molecule has 0 saturated heterocycles. The summed E-state index contributed by atoms with van der Waals surface area (Å²) in [7, 11) is -8.91. The van der Waals surface area contributed by atoms with Crippen molar-refractivity contribution in [3.63, 3.8) is 0 Å². The quantitative estimate of drug-likeness (QED) is 0.377. The topological polar surface area (TPSA) is 157 Å². The second-order valence-electron chi connectivity index (χ2n) is 7.10. The van der Waals surface area contributed by atoms with Gasteiger partial charge in [0.1, 0.15) is 21.1 Å². The van der Waals surface area contributed by atoms with Gasteiger partial charge in [-0.2, -0.15) is 0 Å². The number of aliphatic hydroxyl groups is 1. The Kier molecular flexibility index (Phi) is 5.80. The third-order valence-electron chi connectivity index (χ3n) is 4.90. The molecule has 1 aromatic heterocycles. The van der Waals surface area contributed by atoms with E-state index < -0.39 is 42.4 Å². The summed E-state index contributed by atoms with van der Waals surface area (Å²) >= 11 is 0. The largest absolute Gasteiger partial charge is 0.456 e. The van der Waals surface area contributed by atoms with Gasteiger partial charge in [-0.25, -0.2) is 26.7 Å². The van der Waals surface area contributed by atoms with E-state index in [-0.39, 0.29) is 5.56 Å². The third-order valence-corrected chi connectivity index (χ3v) is 7.39. The predicted molar refractivity (Wildman–Crippen MR) is 120 cm³/mol. The van der Waals surface area contributed by atoms with E-state index in [1.165, 1.54) is 30.3 Å². The summed E-state index contributed by atoms with van der Waals surface area (Å²) in [5.74, 6) is -0.535. The van der Waals surface area contributed by atoms with Crippen LogP contribution >= 0.6 is 0 Å². The van der Waals surface area contributed by atoms with Gasteiger partial charge in [-0.1, -0.05) is 36.4 Å². The van der Waals surface area contributed by atoms with Crippen molar-refractivity contribution in [2.75, 3.05) is 0 Å². The number of rotatable bonds is 6. The Bertz CT molecular complexity index is 1560. The molecule has 3 aromatic carbocycles. The molecule has 33 heavy (non-hydrogen) atoms. The van der Waals surface area contributed by atoms with E-state index in [4.69, 9.17) is 9.56 Å². The fourth-order valence-electron chi connectivity index (χ4n) is 3.36. The first-order valence-electron chi connectivity index (χ1n) is 9.52. The number of carbonyl (C=O) groups excluding carboxylic acids is 1. The van der Waals surface area contributed by atoms with Crippen LogP contribution in [0.15, 0.2) is 87.0 Å². The van der Waals surface area contributed by atoms with Gasteiger partial charge in [-0.05, 0) is 42.0 Å². The smallest absolute Gasteiger partial charge is 0.265 e. The zero-order chi connectivity index (χ0) is 23.8. The number of aliphatic hydroxyl groups excluding tert-OH is 1. The number of primary sulfonamides is 1. The molecule has 1 amide bonds. The lowest BCUT2D eigenvalue weighted by molar-refractivity contribution is 0.0981. The number of hydrogen-bond acceptors (Lipinski definition) is 7. The third kappa shape index (κ3) is 4.52.